The quantitative estimate of drug-likeness (QED) is 0.475. The first-order valence-electron chi connectivity index (χ1n) is 3.89. The standard InChI is InChI=1S/C9H17Br/c1-4-9(7-10)6-5-8(2)3/h4,8-9H,1,5-7H2,2-3H3. The van der Waals surface area contributed by atoms with Crippen LogP contribution in [-0.2, 0) is 0 Å². The van der Waals surface area contributed by atoms with Gasteiger partial charge in [0.25, 0.3) is 0 Å². The fraction of sp³-hybridized carbons (Fsp3) is 0.778. The van der Waals surface area contributed by atoms with Crippen LogP contribution in [0.2, 0.25) is 0 Å². The molecule has 1 atom stereocenters. The second kappa shape index (κ2) is 5.96. The van der Waals surface area contributed by atoms with Crippen LogP contribution in [0.1, 0.15) is 26.7 Å². The monoisotopic (exact) mass is 204 g/mol. The molecule has 0 aliphatic rings. The fourth-order valence-electron chi connectivity index (χ4n) is 0.805. The van der Waals surface area contributed by atoms with Gasteiger partial charge in [-0.2, -0.15) is 0 Å². The van der Waals surface area contributed by atoms with E-state index in [2.05, 4.69) is 36.4 Å². The highest BCUT2D eigenvalue weighted by atomic mass is 79.9. The lowest BCUT2D eigenvalue weighted by Crippen LogP contribution is -1.99. The summed E-state index contributed by atoms with van der Waals surface area (Å²) in [5, 5.41) is 1.06. The van der Waals surface area contributed by atoms with Crippen LogP contribution in [-0.4, -0.2) is 5.33 Å². The van der Waals surface area contributed by atoms with Gasteiger partial charge in [0, 0.05) is 5.33 Å². The van der Waals surface area contributed by atoms with E-state index >= 15 is 0 Å². The van der Waals surface area contributed by atoms with Crippen molar-refractivity contribution in [3.05, 3.63) is 12.7 Å². The maximum Gasteiger partial charge on any atom is 0.00942 e. The highest BCUT2D eigenvalue weighted by molar-refractivity contribution is 9.09. The van der Waals surface area contributed by atoms with Crippen LogP contribution >= 0.6 is 15.9 Å². The Hall–Kier alpha value is 0.220. The van der Waals surface area contributed by atoms with E-state index in [0.717, 1.165) is 11.2 Å². The summed E-state index contributed by atoms with van der Waals surface area (Å²) in [5.74, 6) is 1.49. The van der Waals surface area contributed by atoms with Crippen molar-refractivity contribution in [2.24, 2.45) is 11.8 Å². The molecule has 0 heterocycles. The fourth-order valence-corrected chi connectivity index (χ4v) is 1.39. The van der Waals surface area contributed by atoms with Gasteiger partial charge >= 0.3 is 0 Å². The lowest BCUT2D eigenvalue weighted by molar-refractivity contribution is 0.507. The summed E-state index contributed by atoms with van der Waals surface area (Å²) in [6.45, 7) is 8.30. The van der Waals surface area contributed by atoms with Crippen LogP contribution in [0, 0.1) is 11.8 Å². The van der Waals surface area contributed by atoms with E-state index in [1.165, 1.54) is 12.8 Å². The molecule has 0 fully saturated rings. The van der Waals surface area contributed by atoms with Crippen molar-refractivity contribution in [1.82, 2.24) is 0 Å². The van der Waals surface area contributed by atoms with Crippen molar-refractivity contribution in [2.75, 3.05) is 5.33 Å². The van der Waals surface area contributed by atoms with E-state index in [1.807, 2.05) is 6.08 Å². The van der Waals surface area contributed by atoms with Crippen LogP contribution in [0.3, 0.4) is 0 Å². The topological polar surface area (TPSA) is 0 Å². The minimum atomic E-state index is 0.669. The van der Waals surface area contributed by atoms with Crippen molar-refractivity contribution in [2.45, 2.75) is 26.7 Å². The number of halogens is 1. The molecule has 0 aliphatic carbocycles. The number of allylic oxidation sites excluding steroid dienone is 1. The number of rotatable bonds is 5. The number of hydrogen-bond acceptors (Lipinski definition) is 0. The maximum absolute atomic E-state index is 3.78. The van der Waals surface area contributed by atoms with Crippen LogP contribution < -0.4 is 0 Å². The summed E-state index contributed by atoms with van der Waals surface area (Å²) in [5.41, 5.74) is 0. The molecule has 0 N–H and O–H groups in total. The third-order valence-electron chi connectivity index (χ3n) is 1.65. The highest BCUT2D eigenvalue weighted by Crippen LogP contribution is 2.14. The summed E-state index contributed by atoms with van der Waals surface area (Å²) < 4.78 is 0. The molecular formula is C9H17Br. The second-order valence-corrected chi connectivity index (χ2v) is 3.77. The molecule has 0 saturated heterocycles. The van der Waals surface area contributed by atoms with Gasteiger partial charge in [-0.15, -0.1) is 6.58 Å². The third-order valence-corrected chi connectivity index (χ3v) is 2.48. The summed E-state index contributed by atoms with van der Waals surface area (Å²) >= 11 is 3.45. The first-order valence-corrected chi connectivity index (χ1v) is 5.01. The van der Waals surface area contributed by atoms with Gasteiger partial charge in [0.05, 0.1) is 0 Å². The van der Waals surface area contributed by atoms with E-state index in [4.69, 9.17) is 0 Å². The molecule has 0 spiro atoms. The predicted molar refractivity (Wildman–Crippen MR) is 51.6 cm³/mol. The van der Waals surface area contributed by atoms with Crippen molar-refractivity contribution < 1.29 is 0 Å². The van der Waals surface area contributed by atoms with Crippen LogP contribution in [0.25, 0.3) is 0 Å². The van der Waals surface area contributed by atoms with E-state index in [1.54, 1.807) is 0 Å². The minimum absolute atomic E-state index is 0.669. The molecule has 0 nitrogen and oxygen atoms in total. The largest absolute Gasteiger partial charge is 0.103 e. The zero-order valence-corrected chi connectivity index (χ0v) is 8.52. The van der Waals surface area contributed by atoms with Gasteiger partial charge < -0.3 is 0 Å². The Kier molecular flexibility index (Phi) is 6.10. The molecule has 10 heavy (non-hydrogen) atoms. The average molecular weight is 205 g/mol. The van der Waals surface area contributed by atoms with Gasteiger partial charge in [0.2, 0.25) is 0 Å². The zero-order chi connectivity index (χ0) is 7.98. The Labute approximate surface area is 72.8 Å². The molecule has 0 bridgehead atoms. The van der Waals surface area contributed by atoms with Gasteiger partial charge in [-0.05, 0) is 18.3 Å². The Morgan fingerprint density at radius 2 is 2.00 bits per heavy atom. The average Bonchev–Trinajstić information content (AvgIpc) is 1.90. The van der Waals surface area contributed by atoms with E-state index in [9.17, 15) is 0 Å². The Morgan fingerprint density at radius 1 is 1.40 bits per heavy atom. The van der Waals surface area contributed by atoms with Crippen molar-refractivity contribution >= 4 is 15.9 Å². The third kappa shape index (κ3) is 5.04. The smallest absolute Gasteiger partial charge is 0.00942 e. The molecule has 1 heteroatoms. The first kappa shape index (κ1) is 10.2. The molecule has 0 aromatic rings. The van der Waals surface area contributed by atoms with Crippen molar-refractivity contribution in [1.29, 1.82) is 0 Å². The Morgan fingerprint density at radius 3 is 2.30 bits per heavy atom. The van der Waals surface area contributed by atoms with Gasteiger partial charge in [0.15, 0.2) is 0 Å². The van der Waals surface area contributed by atoms with E-state index in [-0.39, 0.29) is 0 Å². The first-order chi connectivity index (χ1) is 4.70. The van der Waals surface area contributed by atoms with Crippen LogP contribution in [0.5, 0.6) is 0 Å². The van der Waals surface area contributed by atoms with Crippen LogP contribution in [0.15, 0.2) is 12.7 Å². The molecule has 0 saturated carbocycles. The SMILES string of the molecule is C=CC(CBr)CCC(C)C. The van der Waals surface area contributed by atoms with E-state index < -0.39 is 0 Å². The molecule has 0 amide bonds. The molecule has 0 radical (unpaired) electrons. The Balaban J connectivity index is 3.34. The molecule has 0 aromatic heterocycles. The molecular weight excluding hydrogens is 188 g/mol. The minimum Gasteiger partial charge on any atom is -0.103 e. The highest BCUT2D eigenvalue weighted by Gasteiger charge is 2.02. The molecule has 60 valence electrons. The second-order valence-electron chi connectivity index (χ2n) is 3.12. The zero-order valence-electron chi connectivity index (χ0n) is 6.94. The molecule has 0 rings (SSSR count). The summed E-state index contributed by atoms with van der Waals surface area (Å²) in [4.78, 5) is 0. The summed E-state index contributed by atoms with van der Waals surface area (Å²) in [6.07, 6.45) is 4.62. The summed E-state index contributed by atoms with van der Waals surface area (Å²) in [7, 11) is 0. The molecule has 0 aromatic carbocycles. The lowest BCUT2D eigenvalue weighted by Gasteiger charge is -2.09. The molecule has 1 unspecified atom stereocenters. The van der Waals surface area contributed by atoms with Crippen molar-refractivity contribution in [3.63, 3.8) is 0 Å². The number of alkyl halides is 1. The Bertz CT molecular complexity index is 86.7. The van der Waals surface area contributed by atoms with Crippen molar-refractivity contribution in [3.8, 4) is 0 Å². The predicted octanol–water partition coefficient (Wildman–Crippen LogP) is 3.62. The summed E-state index contributed by atoms with van der Waals surface area (Å²) in [6, 6.07) is 0. The van der Waals surface area contributed by atoms with Gasteiger partial charge in [-0.1, -0.05) is 42.3 Å². The van der Waals surface area contributed by atoms with E-state index in [0.29, 0.717) is 5.92 Å². The lowest BCUT2D eigenvalue weighted by atomic mass is 10.00. The van der Waals surface area contributed by atoms with Gasteiger partial charge in [-0.3, -0.25) is 0 Å². The van der Waals surface area contributed by atoms with Gasteiger partial charge in [0.1, 0.15) is 0 Å². The molecule has 0 aliphatic heterocycles. The van der Waals surface area contributed by atoms with Crippen LogP contribution in [0.4, 0.5) is 0 Å². The normalized spacial score (nSPS) is 13.6. The maximum atomic E-state index is 3.78. The van der Waals surface area contributed by atoms with Gasteiger partial charge in [-0.25, -0.2) is 0 Å². The number of hydrogen-bond donors (Lipinski definition) is 0.